The number of carbonyl (C=O) groups excluding carboxylic acids is 1. The molecular formula is C15H21BrN2O. The van der Waals surface area contributed by atoms with Crippen LogP contribution in [-0.4, -0.2) is 12.5 Å². The van der Waals surface area contributed by atoms with Crippen molar-refractivity contribution in [3.05, 3.63) is 28.2 Å². The Bertz CT molecular complexity index is 447. The second-order valence-corrected chi connectivity index (χ2v) is 6.74. The zero-order valence-electron chi connectivity index (χ0n) is 11.3. The van der Waals surface area contributed by atoms with Crippen LogP contribution in [-0.2, 0) is 0 Å². The number of benzene rings is 1. The molecule has 1 aromatic carbocycles. The first-order valence-electron chi connectivity index (χ1n) is 6.83. The van der Waals surface area contributed by atoms with Gasteiger partial charge in [0.25, 0.3) is 5.91 Å². The molecule has 1 aromatic rings. The Balaban J connectivity index is 1.97. The molecule has 0 saturated heterocycles. The summed E-state index contributed by atoms with van der Waals surface area (Å²) in [5.41, 5.74) is 7.22. The first kappa shape index (κ1) is 14.4. The third-order valence-corrected chi connectivity index (χ3v) is 4.38. The van der Waals surface area contributed by atoms with Crippen molar-refractivity contribution in [3.8, 4) is 0 Å². The summed E-state index contributed by atoms with van der Waals surface area (Å²) in [6, 6.07) is 5.30. The highest BCUT2D eigenvalue weighted by molar-refractivity contribution is 9.10. The van der Waals surface area contributed by atoms with Gasteiger partial charge < -0.3 is 11.1 Å². The van der Waals surface area contributed by atoms with E-state index in [9.17, 15) is 4.79 Å². The summed E-state index contributed by atoms with van der Waals surface area (Å²) in [6.07, 6.45) is 6.28. The van der Waals surface area contributed by atoms with Crippen molar-refractivity contribution >= 4 is 27.5 Å². The molecule has 0 bridgehead atoms. The van der Waals surface area contributed by atoms with Gasteiger partial charge in [0.15, 0.2) is 0 Å². The predicted octanol–water partition coefficient (Wildman–Crippen LogP) is 3.73. The predicted molar refractivity (Wildman–Crippen MR) is 82.1 cm³/mol. The van der Waals surface area contributed by atoms with Gasteiger partial charge in [0, 0.05) is 22.3 Å². The van der Waals surface area contributed by atoms with E-state index in [0.717, 1.165) is 11.0 Å². The third kappa shape index (κ3) is 3.96. The number of nitrogens with one attached hydrogen (secondary N) is 1. The largest absolute Gasteiger partial charge is 0.399 e. The summed E-state index contributed by atoms with van der Waals surface area (Å²) < 4.78 is 0.835. The molecule has 1 fully saturated rings. The van der Waals surface area contributed by atoms with Crippen LogP contribution in [0.4, 0.5) is 5.69 Å². The van der Waals surface area contributed by atoms with Crippen LogP contribution >= 0.6 is 15.9 Å². The average molecular weight is 325 g/mol. The molecule has 104 valence electrons. The van der Waals surface area contributed by atoms with Gasteiger partial charge in [-0.25, -0.2) is 0 Å². The van der Waals surface area contributed by atoms with Crippen LogP contribution in [0.2, 0.25) is 0 Å². The molecule has 0 radical (unpaired) electrons. The minimum absolute atomic E-state index is 0.0419. The molecular weight excluding hydrogens is 304 g/mol. The highest BCUT2D eigenvalue weighted by Crippen LogP contribution is 2.35. The number of rotatable bonds is 3. The van der Waals surface area contributed by atoms with Gasteiger partial charge in [0.2, 0.25) is 0 Å². The van der Waals surface area contributed by atoms with E-state index in [1.54, 1.807) is 18.2 Å². The third-order valence-electron chi connectivity index (χ3n) is 3.92. The molecule has 1 saturated carbocycles. The van der Waals surface area contributed by atoms with Crippen molar-refractivity contribution in [1.82, 2.24) is 5.32 Å². The summed E-state index contributed by atoms with van der Waals surface area (Å²) in [6.45, 7) is 3.01. The van der Waals surface area contributed by atoms with Crippen molar-refractivity contribution in [3.63, 3.8) is 0 Å². The summed E-state index contributed by atoms with van der Waals surface area (Å²) in [4.78, 5) is 12.1. The molecule has 0 aliphatic heterocycles. The Hall–Kier alpha value is -1.03. The van der Waals surface area contributed by atoms with Gasteiger partial charge in [-0.3, -0.25) is 4.79 Å². The molecule has 1 aliphatic rings. The maximum absolute atomic E-state index is 12.1. The first-order valence-corrected chi connectivity index (χ1v) is 7.62. The molecule has 0 atom stereocenters. The molecule has 19 heavy (non-hydrogen) atoms. The SMILES string of the molecule is CC1(CNC(=O)c2cc(N)cc(Br)c2)CCCCC1. The lowest BCUT2D eigenvalue weighted by Gasteiger charge is -2.33. The van der Waals surface area contributed by atoms with E-state index in [1.165, 1.54) is 32.1 Å². The van der Waals surface area contributed by atoms with Gasteiger partial charge in [-0.05, 0) is 36.5 Å². The topological polar surface area (TPSA) is 55.1 Å². The zero-order valence-corrected chi connectivity index (χ0v) is 12.9. The molecule has 0 aromatic heterocycles. The van der Waals surface area contributed by atoms with Crippen molar-refractivity contribution in [2.24, 2.45) is 5.41 Å². The molecule has 3 nitrogen and oxygen atoms in total. The molecule has 0 spiro atoms. The van der Waals surface area contributed by atoms with Crippen LogP contribution in [0.15, 0.2) is 22.7 Å². The molecule has 4 heteroatoms. The fraction of sp³-hybridized carbons (Fsp3) is 0.533. The van der Waals surface area contributed by atoms with Crippen LogP contribution in [0.1, 0.15) is 49.4 Å². The van der Waals surface area contributed by atoms with E-state index < -0.39 is 0 Å². The second kappa shape index (κ2) is 5.95. The normalized spacial score (nSPS) is 18.0. The lowest BCUT2D eigenvalue weighted by Crippen LogP contribution is -2.37. The molecule has 2 rings (SSSR count). The van der Waals surface area contributed by atoms with Crippen molar-refractivity contribution in [1.29, 1.82) is 0 Å². The first-order chi connectivity index (χ1) is 8.98. The number of hydrogen-bond donors (Lipinski definition) is 2. The maximum Gasteiger partial charge on any atom is 0.251 e. The Labute approximate surface area is 123 Å². The smallest absolute Gasteiger partial charge is 0.251 e. The van der Waals surface area contributed by atoms with Gasteiger partial charge >= 0.3 is 0 Å². The van der Waals surface area contributed by atoms with Crippen molar-refractivity contribution in [2.75, 3.05) is 12.3 Å². The van der Waals surface area contributed by atoms with Gasteiger partial charge in [0.05, 0.1) is 0 Å². The van der Waals surface area contributed by atoms with E-state index in [2.05, 4.69) is 28.2 Å². The van der Waals surface area contributed by atoms with E-state index in [1.807, 2.05) is 0 Å². The van der Waals surface area contributed by atoms with E-state index in [-0.39, 0.29) is 11.3 Å². The summed E-state index contributed by atoms with van der Waals surface area (Å²) >= 11 is 3.36. The highest BCUT2D eigenvalue weighted by Gasteiger charge is 2.27. The Morgan fingerprint density at radius 1 is 1.32 bits per heavy atom. The number of nitrogen functional groups attached to an aromatic ring is 1. The van der Waals surface area contributed by atoms with Gasteiger partial charge in [0.1, 0.15) is 0 Å². The average Bonchev–Trinajstić information content (AvgIpc) is 2.36. The number of anilines is 1. The summed E-state index contributed by atoms with van der Waals surface area (Å²) in [5.74, 6) is -0.0419. The molecule has 0 unspecified atom stereocenters. The number of nitrogens with two attached hydrogens (primary N) is 1. The van der Waals surface area contributed by atoms with Crippen LogP contribution in [0.5, 0.6) is 0 Å². The number of halogens is 1. The van der Waals surface area contributed by atoms with Crippen LogP contribution < -0.4 is 11.1 Å². The van der Waals surface area contributed by atoms with Gasteiger partial charge in [-0.15, -0.1) is 0 Å². The fourth-order valence-corrected chi connectivity index (χ4v) is 3.23. The van der Waals surface area contributed by atoms with Crippen LogP contribution in [0.25, 0.3) is 0 Å². The Morgan fingerprint density at radius 3 is 2.63 bits per heavy atom. The lowest BCUT2D eigenvalue weighted by atomic mass is 9.76. The fourth-order valence-electron chi connectivity index (χ4n) is 2.72. The van der Waals surface area contributed by atoms with Gasteiger partial charge in [-0.1, -0.05) is 42.1 Å². The second-order valence-electron chi connectivity index (χ2n) is 5.83. The Kier molecular flexibility index (Phi) is 4.50. The highest BCUT2D eigenvalue weighted by atomic mass is 79.9. The minimum atomic E-state index is -0.0419. The van der Waals surface area contributed by atoms with E-state index >= 15 is 0 Å². The maximum atomic E-state index is 12.1. The Morgan fingerprint density at radius 2 is 2.00 bits per heavy atom. The van der Waals surface area contributed by atoms with Crippen molar-refractivity contribution < 1.29 is 4.79 Å². The minimum Gasteiger partial charge on any atom is -0.399 e. The summed E-state index contributed by atoms with van der Waals surface area (Å²) in [7, 11) is 0. The van der Waals surface area contributed by atoms with E-state index in [4.69, 9.17) is 5.73 Å². The van der Waals surface area contributed by atoms with Crippen molar-refractivity contribution in [2.45, 2.75) is 39.0 Å². The van der Waals surface area contributed by atoms with Crippen LogP contribution in [0, 0.1) is 5.41 Å². The quantitative estimate of drug-likeness (QED) is 0.832. The monoisotopic (exact) mass is 324 g/mol. The number of hydrogen-bond acceptors (Lipinski definition) is 2. The van der Waals surface area contributed by atoms with E-state index in [0.29, 0.717) is 11.3 Å². The zero-order chi connectivity index (χ0) is 13.9. The lowest BCUT2D eigenvalue weighted by molar-refractivity contribution is 0.0919. The van der Waals surface area contributed by atoms with Crippen LogP contribution in [0.3, 0.4) is 0 Å². The molecule has 3 N–H and O–H groups in total. The standard InChI is InChI=1S/C15H21BrN2O/c1-15(5-3-2-4-6-15)10-18-14(19)11-7-12(16)9-13(17)8-11/h7-9H,2-6,10,17H2,1H3,(H,18,19). The summed E-state index contributed by atoms with van der Waals surface area (Å²) in [5, 5.41) is 3.05. The molecule has 0 heterocycles. The molecule has 1 amide bonds. The number of amides is 1. The molecule has 1 aliphatic carbocycles. The number of carbonyl (C=O) groups is 1. The van der Waals surface area contributed by atoms with Gasteiger partial charge in [-0.2, -0.15) is 0 Å².